The van der Waals surface area contributed by atoms with E-state index in [9.17, 15) is 63.3 Å². The molecule has 0 saturated carbocycles. The third-order valence-corrected chi connectivity index (χ3v) is 10.8. The lowest BCUT2D eigenvalue weighted by Gasteiger charge is -2.29. The second-order valence-electron chi connectivity index (χ2n) is 17.8. The number of phenolic OH excluding ortho intramolecular Hbond substituents is 1. The van der Waals surface area contributed by atoms with Crippen molar-refractivity contribution in [2.24, 2.45) is 29.2 Å². The van der Waals surface area contributed by atoms with Crippen molar-refractivity contribution in [1.29, 1.82) is 0 Å². The first-order valence-corrected chi connectivity index (χ1v) is 22.8. The van der Waals surface area contributed by atoms with Gasteiger partial charge in [0.25, 0.3) is 0 Å². The molecule has 1 unspecified atom stereocenters. The number of hydrogen-bond acceptors (Lipinski definition) is 13. The van der Waals surface area contributed by atoms with Gasteiger partial charge in [-0.15, -0.1) is 0 Å². The molecule has 7 amide bonds. The minimum atomic E-state index is -1.72. The summed E-state index contributed by atoms with van der Waals surface area (Å²) in [6, 6.07) is -5.15. The van der Waals surface area contributed by atoms with Gasteiger partial charge in [-0.25, -0.2) is 4.79 Å². The van der Waals surface area contributed by atoms with E-state index >= 15 is 0 Å². The zero-order chi connectivity index (χ0) is 51.8. The fraction of sp³-hybridized carbons (Fsp3) is 0.644. The first-order valence-electron chi connectivity index (χ1n) is 22.8. The number of carbonyl (C=O) groups excluding carboxylic acids is 7. The molecule has 0 aliphatic rings. The summed E-state index contributed by atoms with van der Waals surface area (Å²) in [4.78, 5) is 130. The molecule has 9 atom stereocenters. The normalized spacial score (nSPS) is 15.2. The van der Waals surface area contributed by atoms with Crippen LogP contribution >= 0.6 is 0 Å². The predicted molar refractivity (Wildman–Crippen MR) is 247 cm³/mol. The Morgan fingerprint density at radius 3 is 1.53 bits per heavy atom. The standard InChI is InChI=1S/C45H73N9O14/c1-8-25(6)37(54-43(65)32(20-24(4)5)53-42(64)34(22-36(58)59)51-39(61)29(47)16-17-35(56)57)44(66)48-26(7)38(60)50-33(21-27-12-14-28(55)15-13-27)41(63)52-31(19-23(2)3)40(62)49-30(45(67)68)11-9-10-18-46/h12-15,23-26,29-34,37,55H,8-11,16-22,46-47H2,1-7H3,(H,48,66)(H,49,62)(H,50,60)(H,51,61)(H,52,63)(H,53,64)(H,54,65)(H,56,57)(H,58,59)(H,67,68)/t25?,26-,29-,30-,31-,32-,33-,34-,37-/m0/s1. The second kappa shape index (κ2) is 30.1. The van der Waals surface area contributed by atoms with Crippen molar-refractivity contribution >= 4 is 59.3 Å². The number of nitrogens with two attached hydrogens (primary N) is 2. The highest BCUT2D eigenvalue weighted by molar-refractivity contribution is 5.98. The van der Waals surface area contributed by atoms with Crippen LogP contribution in [0.5, 0.6) is 5.75 Å². The number of rotatable bonds is 32. The number of nitrogens with one attached hydrogen (secondary N) is 7. The predicted octanol–water partition coefficient (Wildman–Crippen LogP) is -0.633. The molecule has 0 heterocycles. The number of carbonyl (C=O) groups is 10. The average molecular weight is 964 g/mol. The lowest BCUT2D eigenvalue weighted by Crippen LogP contribution is -2.61. The van der Waals surface area contributed by atoms with Gasteiger partial charge < -0.3 is 69.1 Å². The van der Waals surface area contributed by atoms with Crippen LogP contribution in [0.2, 0.25) is 0 Å². The first-order chi connectivity index (χ1) is 31.8. The molecule has 1 aromatic carbocycles. The maximum Gasteiger partial charge on any atom is 0.326 e. The summed E-state index contributed by atoms with van der Waals surface area (Å²) in [6.45, 7) is 12.1. The molecule has 0 aliphatic carbocycles. The summed E-state index contributed by atoms with van der Waals surface area (Å²) in [6.07, 6.45) is -0.310. The van der Waals surface area contributed by atoms with Gasteiger partial charge in [0.05, 0.1) is 12.5 Å². The van der Waals surface area contributed by atoms with Crippen LogP contribution in [0, 0.1) is 17.8 Å². The molecule has 1 aromatic rings. The van der Waals surface area contributed by atoms with Gasteiger partial charge >= 0.3 is 17.9 Å². The van der Waals surface area contributed by atoms with Gasteiger partial charge in [-0.1, -0.05) is 60.1 Å². The Labute approximate surface area is 396 Å². The van der Waals surface area contributed by atoms with E-state index < -0.39 is 126 Å². The zero-order valence-electron chi connectivity index (χ0n) is 40.0. The van der Waals surface area contributed by atoms with Crippen LogP contribution in [0.15, 0.2) is 24.3 Å². The zero-order valence-corrected chi connectivity index (χ0v) is 40.0. The molecule has 382 valence electrons. The molecule has 0 fully saturated rings. The third kappa shape index (κ3) is 22.4. The van der Waals surface area contributed by atoms with Crippen LogP contribution in [0.3, 0.4) is 0 Å². The Balaban J connectivity index is 3.36. The van der Waals surface area contributed by atoms with E-state index in [2.05, 4.69) is 37.2 Å². The lowest BCUT2D eigenvalue weighted by atomic mass is 9.96. The fourth-order valence-corrected chi connectivity index (χ4v) is 6.74. The van der Waals surface area contributed by atoms with E-state index in [1.165, 1.54) is 31.2 Å². The molecule has 0 saturated heterocycles. The van der Waals surface area contributed by atoms with Crippen molar-refractivity contribution in [3.8, 4) is 5.75 Å². The van der Waals surface area contributed by atoms with E-state index in [0.29, 0.717) is 31.4 Å². The summed E-state index contributed by atoms with van der Waals surface area (Å²) in [5.41, 5.74) is 11.8. The van der Waals surface area contributed by atoms with Crippen molar-refractivity contribution in [1.82, 2.24) is 37.2 Å². The monoisotopic (exact) mass is 964 g/mol. The largest absolute Gasteiger partial charge is 0.508 e. The highest BCUT2D eigenvalue weighted by atomic mass is 16.4. The molecular formula is C45H73N9O14. The molecule has 0 bridgehead atoms. The number of unbranched alkanes of at least 4 members (excludes halogenated alkanes) is 1. The quantitative estimate of drug-likeness (QED) is 0.0400. The topological polar surface area (TPSA) is 388 Å². The van der Waals surface area contributed by atoms with E-state index in [0.717, 1.165) is 0 Å². The van der Waals surface area contributed by atoms with E-state index in [-0.39, 0.29) is 49.7 Å². The fourth-order valence-electron chi connectivity index (χ4n) is 6.74. The van der Waals surface area contributed by atoms with Gasteiger partial charge in [0.1, 0.15) is 48.0 Å². The van der Waals surface area contributed by atoms with Crippen LogP contribution in [-0.2, 0) is 54.4 Å². The van der Waals surface area contributed by atoms with Crippen molar-refractivity contribution in [2.45, 2.75) is 161 Å². The molecule has 68 heavy (non-hydrogen) atoms. The Kier molecular flexibility index (Phi) is 26.4. The molecule has 23 heteroatoms. The molecule has 0 spiro atoms. The van der Waals surface area contributed by atoms with Gasteiger partial charge in [-0.3, -0.25) is 43.2 Å². The first kappa shape index (κ1) is 59.7. The molecular weight excluding hydrogens is 891 g/mol. The molecule has 15 N–H and O–H groups in total. The van der Waals surface area contributed by atoms with Crippen LogP contribution in [0.4, 0.5) is 0 Å². The Morgan fingerprint density at radius 2 is 1.04 bits per heavy atom. The Bertz CT molecular complexity index is 1880. The van der Waals surface area contributed by atoms with Gasteiger partial charge in [-0.2, -0.15) is 0 Å². The Morgan fingerprint density at radius 1 is 0.559 bits per heavy atom. The number of aliphatic carboxylic acids is 3. The summed E-state index contributed by atoms with van der Waals surface area (Å²) in [7, 11) is 0. The van der Waals surface area contributed by atoms with E-state index in [4.69, 9.17) is 16.6 Å². The van der Waals surface area contributed by atoms with Gasteiger partial charge in [0.15, 0.2) is 0 Å². The van der Waals surface area contributed by atoms with Crippen LogP contribution in [0.1, 0.15) is 112 Å². The molecule has 0 aromatic heterocycles. The number of aromatic hydroxyl groups is 1. The molecule has 23 nitrogen and oxygen atoms in total. The minimum Gasteiger partial charge on any atom is -0.508 e. The smallest absolute Gasteiger partial charge is 0.326 e. The van der Waals surface area contributed by atoms with E-state index in [1.54, 1.807) is 41.5 Å². The third-order valence-electron chi connectivity index (χ3n) is 10.8. The van der Waals surface area contributed by atoms with Crippen LogP contribution < -0.4 is 48.7 Å². The SMILES string of the molecule is CCC(C)[C@H](NC(=O)[C@H](CC(C)C)NC(=O)[C@H](CC(=O)O)NC(=O)[C@@H](N)CCC(=O)O)C(=O)N[C@@H](C)C(=O)N[C@@H](Cc1ccc(O)cc1)C(=O)N[C@@H](CC(C)C)C(=O)N[C@@H](CCCCN)C(=O)O. The molecule has 1 rings (SSSR count). The highest BCUT2D eigenvalue weighted by Gasteiger charge is 2.36. The number of carboxylic acids is 3. The highest BCUT2D eigenvalue weighted by Crippen LogP contribution is 2.15. The van der Waals surface area contributed by atoms with Crippen molar-refractivity contribution in [2.75, 3.05) is 6.54 Å². The van der Waals surface area contributed by atoms with Gasteiger partial charge in [0.2, 0.25) is 41.4 Å². The number of amides is 7. The summed E-state index contributed by atoms with van der Waals surface area (Å²) < 4.78 is 0. The number of carboxylic acid groups (broad SMARTS) is 3. The molecule has 0 radical (unpaired) electrons. The van der Waals surface area contributed by atoms with Crippen molar-refractivity contribution < 1.29 is 68.4 Å². The maximum atomic E-state index is 14.0. The maximum absolute atomic E-state index is 14.0. The minimum absolute atomic E-state index is 0.00378. The molecule has 0 aliphatic heterocycles. The summed E-state index contributed by atoms with van der Waals surface area (Å²) in [5.74, 6) is -11.1. The van der Waals surface area contributed by atoms with E-state index in [1.807, 2.05) is 0 Å². The summed E-state index contributed by atoms with van der Waals surface area (Å²) in [5, 5.41) is 55.6. The number of benzene rings is 1. The van der Waals surface area contributed by atoms with Gasteiger partial charge in [-0.05, 0) is 87.4 Å². The summed E-state index contributed by atoms with van der Waals surface area (Å²) >= 11 is 0. The van der Waals surface area contributed by atoms with Gasteiger partial charge in [0, 0.05) is 12.8 Å². The number of phenols is 1. The van der Waals surface area contributed by atoms with Crippen molar-refractivity contribution in [3.63, 3.8) is 0 Å². The second-order valence-corrected chi connectivity index (χ2v) is 17.8. The van der Waals surface area contributed by atoms with Crippen LogP contribution in [-0.4, -0.2) is 135 Å². The number of hydrogen-bond donors (Lipinski definition) is 13. The lowest BCUT2D eigenvalue weighted by molar-refractivity contribution is -0.143. The average Bonchev–Trinajstić information content (AvgIpc) is 3.25. The Hall–Kier alpha value is -6.36. The van der Waals surface area contributed by atoms with Crippen molar-refractivity contribution in [3.05, 3.63) is 29.8 Å². The van der Waals surface area contributed by atoms with Crippen LogP contribution in [0.25, 0.3) is 0 Å².